The highest BCUT2D eigenvalue weighted by Gasteiger charge is 2.03. The first-order valence-corrected chi connectivity index (χ1v) is 3.33. The van der Waals surface area contributed by atoms with Crippen LogP contribution in [0, 0.1) is 5.82 Å². The smallest absolute Gasteiger partial charge is 0.130 e. The third kappa shape index (κ3) is 1.58. The third-order valence-electron chi connectivity index (χ3n) is 1.44. The molecule has 0 fully saturated rings. The van der Waals surface area contributed by atoms with Gasteiger partial charge >= 0.3 is 0 Å². The Morgan fingerprint density at radius 2 is 2.27 bits per heavy atom. The Morgan fingerprint density at radius 3 is 2.82 bits per heavy atom. The van der Waals surface area contributed by atoms with E-state index in [9.17, 15) is 4.39 Å². The maximum atomic E-state index is 12.8. The van der Waals surface area contributed by atoms with Crippen LogP contribution in [0.3, 0.4) is 0 Å². The van der Waals surface area contributed by atoms with E-state index in [1.54, 1.807) is 6.08 Å². The molecule has 0 aliphatic heterocycles. The van der Waals surface area contributed by atoms with Gasteiger partial charge in [0.2, 0.25) is 0 Å². The number of rotatable bonds is 2. The fraction of sp³-hybridized carbons (Fsp3) is 0.111. The fourth-order valence-electron chi connectivity index (χ4n) is 0.894. The average Bonchev–Trinajstić information content (AvgIpc) is 1.97. The van der Waals surface area contributed by atoms with Gasteiger partial charge in [0.1, 0.15) is 11.6 Å². The third-order valence-corrected chi connectivity index (χ3v) is 1.44. The van der Waals surface area contributed by atoms with Gasteiger partial charge in [0.15, 0.2) is 0 Å². The molecule has 11 heavy (non-hydrogen) atoms. The van der Waals surface area contributed by atoms with Gasteiger partial charge < -0.3 is 5.11 Å². The second-order valence-electron chi connectivity index (χ2n) is 2.23. The van der Waals surface area contributed by atoms with Gasteiger partial charge in [-0.2, -0.15) is 0 Å². The minimum absolute atomic E-state index is 0.00935. The molecular weight excluding hydrogens is 143 g/mol. The van der Waals surface area contributed by atoms with Crippen LogP contribution in [0.4, 0.5) is 4.39 Å². The maximum absolute atomic E-state index is 12.8. The van der Waals surface area contributed by atoms with E-state index >= 15 is 0 Å². The van der Waals surface area contributed by atoms with E-state index in [2.05, 4.69) is 6.58 Å². The molecule has 0 aliphatic rings. The molecule has 0 saturated heterocycles. The van der Waals surface area contributed by atoms with Gasteiger partial charge in [0, 0.05) is 5.56 Å². The van der Waals surface area contributed by atoms with E-state index in [1.165, 1.54) is 18.2 Å². The molecule has 0 heterocycles. The molecule has 1 rings (SSSR count). The predicted octanol–water partition coefficient (Wildman–Crippen LogP) is 2.26. The summed E-state index contributed by atoms with van der Waals surface area (Å²) in [5.41, 5.74) is 0.308. The lowest BCUT2D eigenvalue weighted by molar-refractivity contribution is 0.461. The SMILES string of the molecule is C=CCc1c(O)cccc1F. The van der Waals surface area contributed by atoms with Crippen molar-refractivity contribution < 1.29 is 9.50 Å². The number of hydrogen-bond donors (Lipinski definition) is 1. The molecule has 2 heteroatoms. The van der Waals surface area contributed by atoms with Gasteiger partial charge in [-0.15, -0.1) is 6.58 Å². The lowest BCUT2D eigenvalue weighted by Crippen LogP contribution is -1.87. The van der Waals surface area contributed by atoms with Crippen molar-refractivity contribution in [3.8, 4) is 5.75 Å². The number of allylic oxidation sites excluding steroid dienone is 1. The van der Waals surface area contributed by atoms with Crippen LogP contribution < -0.4 is 0 Å². The molecule has 0 aromatic heterocycles. The Labute approximate surface area is 64.8 Å². The van der Waals surface area contributed by atoms with Crippen molar-refractivity contribution in [2.24, 2.45) is 0 Å². The normalized spacial score (nSPS) is 9.55. The molecular formula is C9H9FO. The van der Waals surface area contributed by atoms with Crippen molar-refractivity contribution in [1.29, 1.82) is 0 Å². The van der Waals surface area contributed by atoms with Crippen LogP contribution in [-0.2, 0) is 6.42 Å². The molecule has 1 nitrogen and oxygen atoms in total. The first kappa shape index (κ1) is 7.79. The Hall–Kier alpha value is -1.31. The molecule has 0 saturated carbocycles. The Balaban J connectivity index is 3.09. The first-order valence-electron chi connectivity index (χ1n) is 3.33. The number of phenols is 1. The largest absolute Gasteiger partial charge is 0.508 e. The molecule has 1 aromatic carbocycles. The number of phenolic OH excluding ortho intramolecular Hbond substituents is 1. The second kappa shape index (κ2) is 3.19. The van der Waals surface area contributed by atoms with Gasteiger partial charge in [-0.1, -0.05) is 12.1 Å². The van der Waals surface area contributed by atoms with Crippen LogP contribution in [-0.4, -0.2) is 5.11 Å². The predicted molar refractivity (Wildman–Crippen MR) is 42.0 cm³/mol. The van der Waals surface area contributed by atoms with Gasteiger partial charge in [-0.05, 0) is 18.6 Å². The van der Waals surface area contributed by atoms with Crippen molar-refractivity contribution >= 4 is 0 Å². The minimum atomic E-state index is -0.384. The van der Waals surface area contributed by atoms with Crippen LogP contribution >= 0.6 is 0 Å². The molecule has 58 valence electrons. The zero-order valence-electron chi connectivity index (χ0n) is 6.05. The van der Waals surface area contributed by atoms with Crippen LogP contribution in [0.25, 0.3) is 0 Å². The molecule has 0 unspecified atom stereocenters. The van der Waals surface area contributed by atoms with Crippen molar-refractivity contribution in [2.45, 2.75) is 6.42 Å². The van der Waals surface area contributed by atoms with Crippen molar-refractivity contribution in [1.82, 2.24) is 0 Å². The Kier molecular flexibility index (Phi) is 2.26. The lowest BCUT2D eigenvalue weighted by Gasteiger charge is -2.01. The molecule has 0 bridgehead atoms. The quantitative estimate of drug-likeness (QED) is 0.644. The first-order chi connectivity index (χ1) is 5.25. The molecule has 0 atom stereocenters. The average molecular weight is 152 g/mol. The van der Waals surface area contributed by atoms with Gasteiger partial charge in [-0.3, -0.25) is 0 Å². The summed E-state index contributed by atoms with van der Waals surface area (Å²) in [7, 11) is 0. The molecule has 0 radical (unpaired) electrons. The number of halogens is 1. The van der Waals surface area contributed by atoms with Crippen molar-refractivity contribution in [2.75, 3.05) is 0 Å². The van der Waals surface area contributed by atoms with Crippen molar-refractivity contribution in [3.63, 3.8) is 0 Å². The Morgan fingerprint density at radius 1 is 1.55 bits per heavy atom. The van der Waals surface area contributed by atoms with E-state index in [1.807, 2.05) is 0 Å². The minimum Gasteiger partial charge on any atom is -0.508 e. The summed E-state index contributed by atoms with van der Waals surface area (Å²) in [6.07, 6.45) is 1.91. The lowest BCUT2D eigenvalue weighted by atomic mass is 10.1. The summed E-state index contributed by atoms with van der Waals surface area (Å²) >= 11 is 0. The molecule has 0 amide bonds. The number of aromatic hydroxyl groups is 1. The van der Waals surface area contributed by atoms with E-state index < -0.39 is 0 Å². The second-order valence-corrected chi connectivity index (χ2v) is 2.23. The van der Waals surface area contributed by atoms with Gasteiger partial charge in [-0.25, -0.2) is 4.39 Å². The highest BCUT2D eigenvalue weighted by molar-refractivity contribution is 5.34. The molecule has 1 aromatic rings. The van der Waals surface area contributed by atoms with Crippen LogP contribution in [0.2, 0.25) is 0 Å². The fourth-order valence-corrected chi connectivity index (χ4v) is 0.894. The monoisotopic (exact) mass is 152 g/mol. The summed E-state index contributed by atoms with van der Waals surface area (Å²) in [6, 6.07) is 4.25. The van der Waals surface area contributed by atoms with E-state index in [-0.39, 0.29) is 11.6 Å². The van der Waals surface area contributed by atoms with Crippen LogP contribution in [0.1, 0.15) is 5.56 Å². The van der Waals surface area contributed by atoms with Gasteiger partial charge in [0.05, 0.1) is 0 Å². The number of benzene rings is 1. The van der Waals surface area contributed by atoms with E-state index in [0.29, 0.717) is 12.0 Å². The standard InChI is InChI=1S/C9H9FO/c1-2-4-7-8(10)5-3-6-9(7)11/h2-3,5-6,11H,1,4H2. The van der Waals surface area contributed by atoms with Crippen LogP contribution in [0.5, 0.6) is 5.75 Å². The summed E-state index contributed by atoms with van der Waals surface area (Å²) in [6.45, 7) is 3.46. The topological polar surface area (TPSA) is 20.2 Å². The molecule has 1 N–H and O–H groups in total. The van der Waals surface area contributed by atoms with Crippen LogP contribution in [0.15, 0.2) is 30.9 Å². The summed E-state index contributed by atoms with van der Waals surface area (Å²) < 4.78 is 12.8. The summed E-state index contributed by atoms with van der Waals surface area (Å²) in [5.74, 6) is -0.394. The molecule has 0 spiro atoms. The number of hydrogen-bond acceptors (Lipinski definition) is 1. The summed E-state index contributed by atoms with van der Waals surface area (Å²) in [5, 5.41) is 9.13. The van der Waals surface area contributed by atoms with Gasteiger partial charge in [0.25, 0.3) is 0 Å². The summed E-state index contributed by atoms with van der Waals surface area (Å²) in [4.78, 5) is 0. The van der Waals surface area contributed by atoms with E-state index in [0.717, 1.165) is 0 Å². The molecule has 0 aliphatic carbocycles. The van der Waals surface area contributed by atoms with Crippen molar-refractivity contribution in [3.05, 3.63) is 42.2 Å². The zero-order valence-corrected chi connectivity index (χ0v) is 6.05. The Bertz CT molecular complexity index is 248. The maximum Gasteiger partial charge on any atom is 0.130 e. The van der Waals surface area contributed by atoms with E-state index in [4.69, 9.17) is 5.11 Å². The zero-order chi connectivity index (χ0) is 8.27. The highest BCUT2D eigenvalue weighted by atomic mass is 19.1. The highest BCUT2D eigenvalue weighted by Crippen LogP contribution is 2.19.